The summed E-state index contributed by atoms with van der Waals surface area (Å²) in [6.07, 6.45) is 10.4. The van der Waals surface area contributed by atoms with Crippen LogP contribution in [0.4, 0.5) is 0 Å². The highest BCUT2D eigenvalue weighted by Gasteiger charge is 2.30. The van der Waals surface area contributed by atoms with Crippen LogP contribution in [-0.2, 0) is 14.3 Å². The fraction of sp³-hybridized carbons (Fsp3) is 0.647. The van der Waals surface area contributed by atoms with E-state index in [2.05, 4.69) is 64.5 Å². The van der Waals surface area contributed by atoms with Gasteiger partial charge in [-0.1, -0.05) is 87.7 Å². The molecule has 0 saturated heterocycles. The summed E-state index contributed by atoms with van der Waals surface area (Å²) in [5.74, 6) is 0.208. The summed E-state index contributed by atoms with van der Waals surface area (Å²) < 4.78 is 6.04. The number of nitrogens with zero attached hydrogens (tertiary/aromatic N) is 1. The molecule has 1 rings (SSSR count). The number of hydrogen-bond donors (Lipinski definition) is 2. The molecule has 6 nitrogen and oxygen atoms in total. The van der Waals surface area contributed by atoms with Crippen molar-refractivity contribution in [1.82, 2.24) is 10.2 Å². The molecule has 1 atom stereocenters. The molecule has 7 heteroatoms. The molecule has 1 aliphatic carbocycles. The van der Waals surface area contributed by atoms with Gasteiger partial charge in [-0.3, -0.25) is 9.69 Å². The van der Waals surface area contributed by atoms with Gasteiger partial charge in [0.05, 0.1) is 12.0 Å². The van der Waals surface area contributed by atoms with Crippen LogP contribution in [0.1, 0.15) is 87.5 Å². The van der Waals surface area contributed by atoms with E-state index >= 15 is 0 Å². The molecule has 0 spiro atoms. The van der Waals surface area contributed by atoms with Gasteiger partial charge in [-0.15, -0.1) is 0 Å². The minimum absolute atomic E-state index is 0.0701. The van der Waals surface area contributed by atoms with Gasteiger partial charge in [-0.05, 0) is 83.0 Å². The molecule has 1 fully saturated rings. The molecule has 0 radical (unpaired) electrons. The standard InChI is InChI=1S/C31H51ClN2O3.C2H6.CH2O/c1-10-31(37-9,21-34(8)20-24(5)12-11-23(4)18-29(35)36)15-16-33-19-25(6)17-28(27-13-14-27)30(32)26(7)22(2)3;2*1-2/h11-12,17,22,27,33H,6,10,13-16,18-21H2,1-5,7-9H3,(H,35,36);1-2H3;1H2/b23-11+,24-12+,28-17-,30-26-;;. The predicted molar refractivity (Wildman–Crippen MR) is 177 cm³/mol. The van der Waals surface area contributed by atoms with Crippen molar-refractivity contribution in [3.63, 3.8) is 0 Å². The molecule has 41 heavy (non-hydrogen) atoms. The van der Waals surface area contributed by atoms with Crippen molar-refractivity contribution in [3.05, 3.63) is 57.7 Å². The minimum Gasteiger partial charge on any atom is -0.481 e. The maximum absolute atomic E-state index is 10.8. The second-order valence-corrected chi connectivity index (χ2v) is 11.5. The van der Waals surface area contributed by atoms with E-state index in [1.807, 2.05) is 39.7 Å². The van der Waals surface area contributed by atoms with Crippen molar-refractivity contribution in [3.8, 4) is 0 Å². The maximum atomic E-state index is 10.8. The van der Waals surface area contributed by atoms with Crippen molar-refractivity contribution in [2.45, 2.75) is 93.1 Å². The Labute approximate surface area is 256 Å². The number of allylic oxidation sites excluding steroid dienone is 5. The fourth-order valence-electron chi connectivity index (χ4n) is 4.36. The Hall–Kier alpha value is -1.99. The molecule has 236 valence electrons. The normalized spacial score (nSPS) is 16.3. The van der Waals surface area contributed by atoms with Gasteiger partial charge in [0, 0.05) is 31.8 Å². The zero-order valence-corrected chi connectivity index (χ0v) is 28.4. The number of methoxy groups -OCH3 is 1. The Bertz CT molecular complexity index is 910. The van der Waals surface area contributed by atoms with E-state index in [4.69, 9.17) is 26.2 Å². The minimum atomic E-state index is -0.803. The number of nitrogens with one attached hydrogen (secondary N) is 1. The number of carbonyl (C=O) groups is 2. The number of carbonyl (C=O) groups excluding carboxylic acids is 1. The molecule has 0 amide bonds. The van der Waals surface area contributed by atoms with Crippen LogP contribution in [0.2, 0.25) is 0 Å². The Kier molecular flexibility index (Phi) is 22.7. The molecule has 0 aromatic carbocycles. The van der Waals surface area contributed by atoms with Gasteiger partial charge in [0.25, 0.3) is 0 Å². The van der Waals surface area contributed by atoms with Crippen LogP contribution in [-0.4, -0.2) is 68.7 Å². The molecule has 1 unspecified atom stereocenters. The molecule has 0 aromatic heterocycles. The van der Waals surface area contributed by atoms with Gasteiger partial charge in [0.15, 0.2) is 0 Å². The molecule has 0 heterocycles. The topological polar surface area (TPSA) is 78.9 Å². The summed E-state index contributed by atoms with van der Waals surface area (Å²) in [5, 5.41) is 13.4. The Balaban J connectivity index is 0. The van der Waals surface area contributed by atoms with Gasteiger partial charge < -0.3 is 20.0 Å². The summed E-state index contributed by atoms with van der Waals surface area (Å²) in [7, 11) is 3.90. The lowest BCUT2D eigenvalue weighted by atomic mass is 9.95. The molecule has 1 aliphatic rings. The molecule has 0 aliphatic heterocycles. The number of likely N-dealkylation sites (N-methyl/N-ethyl adjacent to an activating group) is 1. The van der Waals surface area contributed by atoms with Crippen LogP contribution in [0.25, 0.3) is 0 Å². The second kappa shape index (κ2) is 22.6. The van der Waals surface area contributed by atoms with E-state index in [9.17, 15) is 4.79 Å². The smallest absolute Gasteiger partial charge is 0.307 e. The van der Waals surface area contributed by atoms with E-state index in [-0.39, 0.29) is 12.0 Å². The summed E-state index contributed by atoms with van der Waals surface area (Å²) in [6.45, 7) is 26.0. The third-order valence-corrected chi connectivity index (χ3v) is 7.71. The van der Waals surface area contributed by atoms with Gasteiger partial charge >= 0.3 is 5.97 Å². The van der Waals surface area contributed by atoms with Crippen molar-refractivity contribution >= 4 is 24.4 Å². The predicted octanol–water partition coefficient (Wildman–Crippen LogP) is 7.96. The highest BCUT2D eigenvalue weighted by Crippen LogP contribution is 2.43. The zero-order chi connectivity index (χ0) is 32.2. The van der Waals surface area contributed by atoms with Gasteiger partial charge in [-0.25, -0.2) is 0 Å². The second-order valence-electron chi connectivity index (χ2n) is 11.1. The van der Waals surface area contributed by atoms with Crippen LogP contribution >= 0.6 is 11.6 Å². The summed E-state index contributed by atoms with van der Waals surface area (Å²) in [6, 6.07) is 0. The first-order chi connectivity index (χ1) is 19.3. The van der Waals surface area contributed by atoms with E-state index in [0.29, 0.717) is 11.8 Å². The van der Waals surface area contributed by atoms with E-state index in [0.717, 1.165) is 55.2 Å². The van der Waals surface area contributed by atoms with Crippen LogP contribution in [0.3, 0.4) is 0 Å². The van der Waals surface area contributed by atoms with Crippen LogP contribution in [0, 0.1) is 11.8 Å². The largest absolute Gasteiger partial charge is 0.481 e. The number of rotatable bonds is 18. The molecule has 0 aromatic rings. The maximum Gasteiger partial charge on any atom is 0.307 e. The van der Waals surface area contributed by atoms with E-state index < -0.39 is 5.97 Å². The average Bonchev–Trinajstić information content (AvgIpc) is 3.78. The molecule has 0 bridgehead atoms. The summed E-state index contributed by atoms with van der Waals surface area (Å²) in [4.78, 5) is 21.1. The van der Waals surface area contributed by atoms with Crippen molar-refractivity contribution < 1.29 is 19.4 Å². The van der Waals surface area contributed by atoms with E-state index in [1.54, 1.807) is 7.11 Å². The summed E-state index contributed by atoms with van der Waals surface area (Å²) in [5.41, 5.74) is 5.33. The molecular weight excluding hydrogens is 536 g/mol. The van der Waals surface area contributed by atoms with Crippen LogP contribution in [0.5, 0.6) is 0 Å². The van der Waals surface area contributed by atoms with Crippen LogP contribution in [0.15, 0.2) is 57.7 Å². The number of carboxylic acid groups (broad SMARTS) is 1. The highest BCUT2D eigenvalue weighted by atomic mass is 35.5. The number of hydrogen-bond acceptors (Lipinski definition) is 5. The number of halogens is 1. The monoisotopic (exact) mass is 594 g/mol. The average molecular weight is 595 g/mol. The van der Waals surface area contributed by atoms with Gasteiger partial charge in [0.1, 0.15) is 6.79 Å². The first-order valence-corrected chi connectivity index (χ1v) is 15.3. The van der Waals surface area contributed by atoms with Crippen molar-refractivity contribution in [2.24, 2.45) is 11.8 Å². The molecule has 1 saturated carbocycles. The van der Waals surface area contributed by atoms with Crippen molar-refractivity contribution in [1.29, 1.82) is 0 Å². The lowest BCUT2D eigenvalue weighted by molar-refractivity contribution is -0.136. The zero-order valence-electron chi connectivity index (χ0n) is 27.7. The number of aliphatic carboxylic acids is 1. The fourth-order valence-corrected chi connectivity index (χ4v) is 4.79. The first kappa shape index (κ1) is 41.1. The third kappa shape index (κ3) is 17.5. The third-order valence-electron chi connectivity index (χ3n) is 7.19. The lowest BCUT2D eigenvalue weighted by Crippen LogP contribution is -2.45. The van der Waals surface area contributed by atoms with E-state index in [1.165, 1.54) is 29.6 Å². The SMILES string of the molecule is C=C(/C=C(\C(Cl)=C(/C)C(C)C)C1CC1)CNCCC(CC)(CN(C)C/C(C)=C/C=C(\C)CC(=O)O)OC.C=O.CC. The molecule has 2 N–H and O–H groups in total. The Morgan fingerprint density at radius 3 is 2.20 bits per heavy atom. The highest BCUT2D eigenvalue weighted by molar-refractivity contribution is 6.32. The van der Waals surface area contributed by atoms with Crippen molar-refractivity contribution in [2.75, 3.05) is 40.3 Å². The Morgan fingerprint density at radius 1 is 1.17 bits per heavy atom. The Morgan fingerprint density at radius 2 is 1.73 bits per heavy atom. The first-order valence-electron chi connectivity index (χ1n) is 14.9. The summed E-state index contributed by atoms with van der Waals surface area (Å²) >= 11 is 6.77. The quantitative estimate of drug-likeness (QED) is 0.124. The molecular formula is C34H59ClN2O4. The van der Waals surface area contributed by atoms with Gasteiger partial charge in [0.2, 0.25) is 0 Å². The number of ether oxygens (including phenoxy) is 1. The lowest BCUT2D eigenvalue weighted by Gasteiger charge is -2.35. The van der Waals surface area contributed by atoms with Gasteiger partial charge in [-0.2, -0.15) is 0 Å². The van der Waals surface area contributed by atoms with Crippen LogP contribution < -0.4 is 5.32 Å². The number of carboxylic acids is 1.